The smallest absolute Gasteiger partial charge is 0.229 e. The van der Waals surface area contributed by atoms with E-state index in [1.54, 1.807) is 12.0 Å². The van der Waals surface area contributed by atoms with Crippen molar-refractivity contribution in [2.24, 2.45) is 5.92 Å². The van der Waals surface area contributed by atoms with Crippen LogP contribution in [0, 0.1) is 12.8 Å². The van der Waals surface area contributed by atoms with Crippen molar-refractivity contribution in [2.45, 2.75) is 19.9 Å². The van der Waals surface area contributed by atoms with Gasteiger partial charge >= 0.3 is 0 Å². The van der Waals surface area contributed by atoms with Crippen molar-refractivity contribution in [2.75, 3.05) is 50.2 Å². The monoisotopic (exact) mass is 423 g/mol. The number of benzene rings is 2. The molecule has 31 heavy (non-hydrogen) atoms. The molecule has 2 aromatic rings. The average Bonchev–Trinajstić information content (AvgIpc) is 3.17. The van der Waals surface area contributed by atoms with Crippen LogP contribution in [0.1, 0.15) is 17.5 Å². The van der Waals surface area contributed by atoms with Crippen molar-refractivity contribution in [3.8, 4) is 5.75 Å². The van der Waals surface area contributed by atoms with Crippen molar-refractivity contribution < 1.29 is 19.1 Å². The number of anilines is 2. The number of nitrogens with zero attached hydrogens (tertiary/aromatic N) is 2. The van der Waals surface area contributed by atoms with E-state index in [0.29, 0.717) is 12.3 Å². The number of nitrogens with one attached hydrogen (secondary N) is 1. The zero-order valence-electron chi connectivity index (χ0n) is 18.1. The second kappa shape index (κ2) is 9.49. The van der Waals surface area contributed by atoms with E-state index in [9.17, 15) is 9.59 Å². The molecule has 7 heteroatoms. The van der Waals surface area contributed by atoms with Crippen LogP contribution in [0.5, 0.6) is 5.75 Å². The third-order valence-corrected chi connectivity index (χ3v) is 5.89. The standard InChI is InChI=1S/C24H29N3O4/c1-17-7-8-22(30-2)21(13-17)27-16-19(14-23(27)28)24(29)25-20-6-4-3-5-18(20)15-26-9-11-31-12-10-26/h3-8,13,19H,9-12,14-16H2,1-2H3,(H,25,29). The van der Waals surface area contributed by atoms with Crippen molar-refractivity contribution in [3.05, 3.63) is 53.6 Å². The van der Waals surface area contributed by atoms with Gasteiger partial charge in [0.25, 0.3) is 0 Å². The molecule has 1 N–H and O–H groups in total. The van der Waals surface area contributed by atoms with Crippen molar-refractivity contribution in [3.63, 3.8) is 0 Å². The number of morpholine rings is 1. The van der Waals surface area contributed by atoms with E-state index in [-0.39, 0.29) is 18.2 Å². The van der Waals surface area contributed by atoms with Gasteiger partial charge in [-0.2, -0.15) is 0 Å². The highest BCUT2D eigenvalue weighted by atomic mass is 16.5. The van der Waals surface area contributed by atoms with Crippen LogP contribution in [0.15, 0.2) is 42.5 Å². The number of methoxy groups -OCH3 is 1. The molecule has 1 atom stereocenters. The number of carbonyl (C=O) groups excluding carboxylic acids is 2. The summed E-state index contributed by atoms with van der Waals surface area (Å²) in [6, 6.07) is 13.6. The third kappa shape index (κ3) is 4.89. The Morgan fingerprint density at radius 1 is 1.19 bits per heavy atom. The second-order valence-electron chi connectivity index (χ2n) is 8.12. The van der Waals surface area contributed by atoms with E-state index in [4.69, 9.17) is 9.47 Å². The van der Waals surface area contributed by atoms with Gasteiger partial charge in [0, 0.05) is 38.3 Å². The summed E-state index contributed by atoms with van der Waals surface area (Å²) in [4.78, 5) is 29.8. The normalized spacial score (nSPS) is 19.5. The molecule has 0 saturated carbocycles. The highest BCUT2D eigenvalue weighted by Crippen LogP contribution is 2.34. The Labute approximate surface area is 182 Å². The van der Waals surface area contributed by atoms with Gasteiger partial charge in [-0.15, -0.1) is 0 Å². The van der Waals surface area contributed by atoms with Crippen LogP contribution in [-0.2, 0) is 20.9 Å². The molecule has 2 aromatic carbocycles. The Morgan fingerprint density at radius 3 is 2.74 bits per heavy atom. The summed E-state index contributed by atoms with van der Waals surface area (Å²) in [5.74, 6) is 0.0348. The summed E-state index contributed by atoms with van der Waals surface area (Å²) in [5.41, 5.74) is 3.63. The summed E-state index contributed by atoms with van der Waals surface area (Å²) < 4.78 is 10.9. The first kappa shape index (κ1) is 21.3. The topological polar surface area (TPSA) is 71.1 Å². The number of aryl methyl sites for hydroxylation is 1. The van der Waals surface area contributed by atoms with Gasteiger partial charge in [-0.1, -0.05) is 24.3 Å². The van der Waals surface area contributed by atoms with Gasteiger partial charge in [0.2, 0.25) is 11.8 Å². The minimum atomic E-state index is -0.408. The Balaban J connectivity index is 1.45. The molecule has 0 spiro atoms. The Bertz CT molecular complexity index is 956. The van der Waals surface area contributed by atoms with Gasteiger partial charge in [-0.3, -0.25) is 14.5 Å². The predicted molar refractivity (Wildman–Crippen MR) is 119 cm³/mol. The zero-order chi connectivity index (χ0) is 21.8. The van der Waals surface area contributed by atoms with E-state index < -0.39 is 5.92 Å². The lowest BCUT2D eigenvalue weighted by Gasteiger charge is -2.27. The van der Waals surface area contributed by atoms with Gasteiger partial charge in [-0.05, 0) is 36.2 Å². The molecule has 2 heterocycles. The molecule has 0 aromatic heterocycles. The molecule has 164 valence electrons. The van der Waals surface area contributed by atoms with Crippen molar-refractivity contribution in [1.29, 1.82) is 0 Å². The maximum Gasteiger partial charge on any atom is 0.229 e. The number of hydrogen-bond acceptors (Lipinski definition) is 5. The molecule has 2 amide bonds. The van der Waals surface area contributed by atoms with Crippen LogP contribution in [0.4, 0.5) is 11.4 Å². The number of amides is 2. The van der Waals surface area contributed by atoms with E-state index in [2.05, 4.69) is 10.2 Å². The maximum atomic E-state index is 13.0. The molecule has 2 aliphatic rings. The van der Waals surface area contributed by atoms with Gasteiger partial charge in [-0.25, -0.2) is 0 Å². The van der Waals surface area contributed by atoms with Gasteiger partial charge < -0.3 is 19.7 Å². The molecule has 0 radical (unpaired) electrons. The predicted octanol–water partition coefficient (Wildman–Crippen LogP) is 2.83. The fourth-order valence-corrected chi connectivity index (χ4v) is 4.14. The Morgan fingerprint density at radius 2 is 1.97 bits per heavy atom. The number of ether oxygens (including phenoxy) is 2. The molecule has 2 saturated heterocycles. The summed E-state index contributed by atoms with van der Waals surface area (Å²) in [7, 11) is 1.59. The molecule has 0 aliphatic carbocycles. The maximum absolute atomic E-state index is 13.0. The Hall–Kier alpha value is -2.90. The van der Waals surface area contributed by atoms with Crippen LogP contribution < -0.4 is 15.0 Å². The molecule has 4 rings (SSSR count). The van der Waals surface area contributed by atoms with Crippen molar-refractivity contribution in [1.82, 2.24) is 4.90 Å². The first-order chi connectivity index (χ1) is 15.0. The third-order valence-electron chi connectivity index (χ3n) is 5.89. The highest BCUT2D eigenvalue weighted by Gasteiger charge is 2.36. The highest BCUT2D eigenvalue weighted by molar-refractivity contribution is 6.04. The van der Waals surface area contributed by atoms with E-state index in [1.807, 2.05) is 49.4 Å². The van der Waals surface area contributed by atoms with Crippen LogP contribution in [-0.4, -0.2) is 56.7 Å². The molecular formula is C24H29N3O4. The van der Waals surface area contributed by atoms with E-state index >= 15 is 0 Å². The lowest BCUT2D eigenvalue weighted by atomic mass is 10.1. The molecule has 0 bridgehead atoms. The van der Waals surface area contributed by atoms with Crippen LogP contribution in [0.3, 0.4) is 0 Å². The van der Waals surface area contributed by atoms with Gasteiger partial charge in [0.1, 0.15) is 5.75 Å². The van der Waals surface area contributed by atoms with Crippen LogP contribution in [0.2, 0.25) is 0 Å². The van der Waals surface area contributed by atoms with Gasteiger partial charge in [0.05, 0.1) is 31.9 Å². The van der Waals surface area contributed by atoms with Crippen LogP contribution in [0.25, 0.3) is 0 Å². The number of carbonyl (C=O) groups is 2. The SMILES string of the molecule is COc1ccc(C)cc1N1CC(C(=O)Nc2ccccc2CN2CCOCC2)CC1=O. The van der Waals surface area contributed by atoms with Crippen molar-refractivity contribution >= 4 is 23.2 Å². The fourth-order valence-electron chi connectivity index (χ4n) is 4.14. The summed E-state index contributed by atoms with van der Waals surface area (Å²) in [5, 5.41) is 3.07. The lowest BCUT2D eigenvalue weighted by Crippen LogP contribution is -2.36. The first-order valence-corrected chi connectivity index (χ1v) is 10.7. The molecule has 2 fully saturated rings. The molecule has 7 nitrogen and oxygen atoms in total. The van der Waals surface area contributed by atoms with E-state index in [0.717, 1.165) is 55.3 Å². The number of rotatable bonds is 6. The summed E-state index contributed by atoms with van der Waals surface area (Å²) >= 11 is 0. The molecular weight excluding hydrogens is 394 g/mol. The first-order valence-electron chi connectivity index (χ1n) is 10.7. The minimum Gasteiger partial charge on any atom is -0.495 e. The second-order valence-corrected chi connectivity index (χ2v) is 8.12. The van der Waals surface area contributed by atoms with Crippen LogP contribution >= 0.6 is 0 Å². The quantitative estimate of drug-likeness (QED) is 0.774. The number of para-hydroxylation sites is 1. The largest absolute Gasteiger partial charge is 0.495 e. The fraction of sp³-hybridized carbons (Fsp3) is 0.417. The summed E-state index contributed by atoms with van der Waals surface area (Å²) in [6.45, 7) is 6.30. The summed E-state index contributed by atoms with van der Waals surface area (Å²) in [6.07, 6.45) is 0.189. The Kier molecular flexibility index (Phi) is 6.53. The molecule has 2 aliphatic heterocycles. The zero-order valence-corrected chi connectivity index (χ0v) is 18.1. The average molecular weight is 424 g/mol. The van der Waals surface area contributed by atoms with E-state index in [1.165, 1.54) is 0 Å². The van der Waals surface area contributed by atoms with Gasteiger partial charge in [0.15, 0.2) is 0 Å². The minimum absolute atomic E-state index is 0.0642. The molecule has 1 unspecified atom stereocenters. The lowest BCUT2D eigenvalue weighted by molar-refractivity contribution is -0.122. The number of hydrogen-bond donors (Lipinski definition) is 1.